The van der Waals surface area contributed by atoms with Crippen LogP contribution < -0.4 is 0 Å². The van der Waals surface area contributed by atoms with Gasteiger partial charge < -0.3 is 5.11 Å². The molecule has 1 atom stereocenters. The van der Waals surface area contributed by atoms with Crippen LogP contribution in [-0.4, -0.2) is 35.6 Å². The molecule has 3 nitrogen and oxygen atoms in total. The van der Waals surface area contributed by atoms with Gasteiger partial charge in [-0.25, -0.2) is 4.79 Å². The molecule has 1 heterocycles. The lowest BCUT2D eigenvalue weighted by molar-refractivity contribution is 0.0696. The second kappa shape index (κ2) is 5.15. The number of benzene rings is 1. The fourth-order valence-electron chi connectivity index (χ4n) is 2.38. The summed E-state index contributed by atoms with van der Waals surface area (Å²) < 4.78 is 0. The Labute approximate surface area is 101 Å². The molecule has 17 heavy (non-hydrogen) atoms. The number of hydrogen-bond acceptors (Lipinski definition) is 2. The molecule has 0 amide bonds. The summed E-state index contributed by atoms with van der Waals surface area (Å²) in [5.41, 5.74) is 1.51. The van der Waals surface area contributed by atoms with Gasteiger partial charge in [-0.15, -0.1) is 6.58 Å². The summed E-state index contributed by atoms with van der Waals surface area (Å²) in [6, 6.07) is 7.29. The van der Waals surface area contributed by atoms with E-state index < -0.39 is 5.97 Å². The van der Waals surface area contributed by atoms with Gasteiger partial charge in [-0.2, -0.15) is 0 Å². The Morgan fingerprint density at radius 3 is 3.12 bits per heavy atom. The van der Waals surface area contributed by atoms with Crippen LogP contribution in [0.1, 0.15) is 28.3 Å². The van der Waals surface area contributed by atoms with Crippen molar-refractivity contribution in [3.63, 3.8) is 0 Å². The lowest BCUT2D eigenvalue weighted by Gasteiger charge is -2.14. The van der Waals surface area contributed by atoms with Crippen molar-refractivity contribution in [2.24, 2.45) is 0 Å². The fraction of sp³-hybridized carbons (Fsp3) is 0.357. The normalized spacial score (nSPS) is 20.4. The number of likely N-dealkylation sites (tertiary alicyclic amines) is 1. The van der Waals surface area contributed by atoms with E-state index in [2.05, 4.69) is 11.5 Å². The molecule has 1 aromatic carbocycles. The predicted octanol–water partition coefficient (Wildman–Crippen LogP) is 2.36. The molecule has 1 fully saturated rings. The minimum atomic E-state index is -0.854. The van der Waals surface area contributed by atoms with Gasteiger partial charge in [0.2, 0.25) is 0 Å². The molecule has 90 valence electrons. The molecule has 1 aromatic rings. The van der Waals surface area contributed by atoms with Gasteiger partial charge in [-0.05, 0) is 36.6 Å². The lowest BCUT2D eigenvalue weighted by atomic mass is 9.97. The molecule has 1 aliphatic rings. The monoisotopic (exact) mass is 231 g/mol. The van der Waals surface area contributed by atoms with Crippen LogP contribution >= 0.6 is 0 Å². The summed E-state index contributed by atoms with van der Waals surface area (Å²) >= 11 is 0. The third kappa shape index (κ3) is 2.74. The number of carbonyl (C=O) groups is 1. The number of nitrogens with zero attached hydrogens (tertiary/aromatic N) is 1. The van der Waals surface area contributed by atoms with E-state index in [1.54, 1.807) is 12.1 Å². The van der Waals surface area contributed by atoms with E-state index in [9.17, 15) is 4.79 Å². The highest BCUT2D eigenvalue weighted by atomic mass is 16.4. The zero-order valence-electron chi connectivity index (χ0n) is 9.80. The van der Waals surface area contributed by atoms with Crippen LogP contribution in [-0.2, 0) is 0 Å². The van der Waals surface area contributed by atoms with Crippen molar-refractivity contribution in [2.75, 3.05) is 19.6 Å². The second-order valence-electron chi connectivity index (χ2n) is 4.46. The first-order chi connectivity index (χ1) is 8.20. The molecule has 2 rings (SSSR count). The SMILES string of the molecule is C=CCN1CCC(c2cccc(C(=O)O)c2)C1. The third-order valence-corrected chi connectivity index (χ3v) is 3.26. The average Bonchev–Trinajstić information content (AvgIpc) is 2.78. The number of carboxylic acids is 1. The van der Waals surface area contributed by atoms with E-state index in [4.69, 9.17) is 5.11 Å². The van der Waals surface area contributed by atoms with Crippen molar-refractivity contribution in [3.8, 4) is 0 Å². The van der Waals surface area contributed by atoms with Crippen molar-refractivity contribution in [3.05, 3.63) is 48.0 Å². The van der Waals surface area contributed by atoms with Crippen LogP contribution in [0.25, 0.3) is 0 Å². The zero-order valence-corrected chi connectivity index (χ0v) is 9.80. The molecule has 0 saturated carbocycles. The average molecular weight is 231 g/mol. The van der Waals surface area contributed by atoms with Crippen LogP contribution in [0, 0.1) is 0 Å². The first-order valence-corrected chi connectivity index (χ1v) is 5.87. The molecule has 0 radical (unpaired) electrons. The minimum Gasteiger partial charge on any atom is -0.478 e. The number of carboxylic acid groups (broad SMARTS) is 1. The van der Waals surface area contributed by atoms with Gasteiger partial charge in [0.05, 0.1) is 5.56 Å². The van der Waals surface area contributed by atoms with Gasteiger partial charge in [0.25, 0.3) is 0 Å². The summed E-state index contributed by atoms with van der Waals surface area (Å²) in [6.07, 6.45) is 3.01. The van der Waals surface area contributed by atoms with Gasteiger partial charge in [0, 0.05) is 13.1 Å². The molecule has 1 aliphatic heterocycles. The summed E-state index contributed by atoms with van der Waals surface area (Å²) in [4.78, 5) is 13.2. The van der Waals surface area contributed by atoms with Gasteiger partial charge in [0.1, 0.15) is 0 Å². The van der Waals surface area contributed by atoms with Crippen molar-refractivity contribution in [1.82, 2.24) is 4.90 Å². The quantitative estimate of drug-likeness (QED) is 0.809. The smallest absolute Gasteiger partial charge is 0.335 e. The number of hydrogen-bond donors (Lipinski definition) is 1. The van der Waals surface area contributed by atoms with Crippen molar-refractivity contribution in [2.45, 2.75) is 12.3 Å². The molecule has 0 spiro atoms. The third-order valence-electron chi connectivity index (χ3n) is 3.26. The molecule has 0 bridgehead atoms. The summed E-state index contributed by atoms with van der Waals surface area (Å²) in [7, 11) is 0. The van der Waals surface area contributed by atoms with Crippen molar-refractivity contribution >= 4 is 5.97 Å². The molecular weight excluding hydrogens is 214 g/mol. The van der Waals surface area contributed by atoms with Gasteiger partial charge in [0.15, 0.2) is 0 Å². The maximum Gasteiger partial charge on any atom is 0.335 e. The maximum atomic E-state index is 10.9. The highest BCUT2D eigenvalue weighted by Crippen LogP contribution is 2.27. The van der Waals surface area contributed by atoms with Crippen LogP contribution in [0.15, 0.2) is 36.9 Å². The van der Waals surface area contributed by atoms with Crippen LogP contribution in [0.3, 0.4) is 0 Å². The molecule has 0 aromatic heterocycles. The van der Waals surface area contributed by atoms with Gasteiger partial charge in [-0.3, -0.25) is 4.90 Å². The Morgan fingerprint density at radius 2 is 2.41 bits per heavy atom. The first-order valence-electron chi connectivity index (χ1n) is 5.87. The molecule has 3 heteroatoms. The lowest BCUT2D eigenvalue weighted by Crippen LogP contribution is -2.20. The predicted molar refractivity (Wildman–Crippen MR) is 67.4 cm³/mol. The van der Waals surface area contributed by atoms with E-state index in [-0.39, 0.29) is 0 Å². The highest BCUT2D eigenvalue weighted by Gasteiger charge is 2.23. The second-order valence-corrected chi connectivity index (χ2v) is 4.46. The van der Waals surface area contributed by atoms with E-state index in [0.717, 1.165) is 31.6 Å². The van der Waals surface area contributed by atoms with Crippen molar-refractivity contribution in [1.29, 1.82) is 0 Å². The Bertz CT molecular complexity index is 428. The number of rotatable bonds is 4. The standard InChI is InChI=1S/C14H17NO2/c1-2-7-15-8-6-13(10-15)11-4-3-5-12(9-11)14(16)17/h2-5,9,13H,1,6-8,10H2,(H,16,17). The largest absolute Gasteiger partial charge is 0.478 e. The van der Waals surface area contributed by atoms with Crippen LogP contribution in [0.4, 0.5) is 0 Å². The first kappa shape index (κ1) is 11.9. The highest BCUT2D eigenvalue weighted by molar-refractivity contribution is 5.87. The molecule has 1 N–H and O–H groups in total. The Kier molecular flexibility index (Phi) is 3.59. The Morgan fingerprint density at radius 1 is 1.59 bits per heavy atom. The zero-order chi connectivity index (χ0) is 12.3. The minimum absolute atomic E-state index is 0.379. The van der Waals surface area contributed by atoms with E-state index >= 15 is 0 Å². The Balaban J connectivity index is 2.10. The number of aromatic carboxylic acids is 1. The molecular formula is C14H17NO2. The van der Waals surface area contributed by atoms with Crippen molar-refractivity contribution < 1.29 is 9.90 Å². The van der Waals surface area contributed by atoms with E-state index in [1.165, 1.54) is 0 Å². The summed E-state index contributed by atoms with van der Waals surface area (Å²) in [6.45, 7) is 6.71. The summed E-state index contributed by atoms with van der Waals surface area (Å²) in [5, 5.41) is 8.96. The fourth-order valence-corrected chi connectivity index (χ4v) is 2.38. The van der Waals surface area contributed by atoms with Crippen LogP contribution in [0.2, 0.25) is 0 Å². The van der Waals surface area contributed by atoms with Crippen LogP contribution in [0.5, 0.6) is 0 Å². The molecule has 0 aliphatic carbocycles. The topological polar surface area (TPSA) is 40.5 Å². The molecule has 1 saturated heterocycles. The Hall–Kier alpha value is -1.61. The summed E-state index contributed by atoms with van der Waals surface area (Å²) in [5.74, 6) is -0.401. The van der Waals surface area contributed by atoms with E-state index in [0.29, 0.717) is 11.5 Å². The van der Waals surface area contributed by atoms with Gasteiger partial charge in [-0.1, -0.05) is 18.2 Å². The van der Waals surface area contributed by atoms with Gasteiger partial charge >= 0.3 is 5.97 Å². The molecule has 1 unspecified atom stereocenters. The maximum absolute atomic E-state index is 10.9. The van der Waals surface area contributed by atoms with E-state index in [1.807, 2.05) is 18.2 Å².